The molecule has 0 aliphatic heterocycles. The number of hydrogen-bond donors (Lipinski definition) is 2. The molecule has 0 amide bonds. The molecule has 1 unspecified atom stereocenters. The molecule has 0 saturated heterocycles. The van der Waals surface area contributed by atoms with Crippen LogP contribution in [0.15, 0.2) is 30.5 Å². The van der Waals surface area contributed by atoms with E-state index in [0.717, 1.165) is 10.0 Å². The molecular formula is C14H18FN3OS. The average molecular weight is 295 g/mol. The summed E-state index contributed by atoms with van der Waals surface area (Å²) in [6.07, 6.45) is 1.19. The highest BCUT2D eigenvalue weighted by Crippen LogP contribution is 2.20. The first-order valence-electron chi connectivity index (χ1n) is 6.32. The second-order valence-electron chi connectivity index (χ2n) is 4.70. The van der Waals surface area contributed by atoms with E-state index in [2.05, 4.69) is 10.3 Å². The van der Waals surface area contributed by atoms with Crippen molar-refractivity contribution in [1.82, 2.24) is 10.3 Å². The number of thiazole rings is 1. The molecule has 1 aromatic heterocycles. The predicted octanol–water partition coefficient (Wildman–Crippen LogP) is 2.17. The van der Waals surface area contributed by atoms with Crippen LogP contribution < -0.4 is 10.2 Å². The van der Waals surface area contributed by atoms with Crippen molar-refractivity contribution in [2.75, 3.05) is 25.5 Å². The van der Waals surface area contributed by atoms with Crippen molar-refractivity contribution in [3.8, 4) is 0 Å². The lowest BCUT2D eigenvalue weighted by atomic mass is 10.1. The molecule has 0 fully saturated rings. The molecule has 6 heteroatoms. The molecule has 0 saturated carbocycles. The summed E-state index contributed by atoms with van der Waals surface area (Å²) in [5, 5.41) is 14.1. The van der Waals surface area contributed by atoms with Crippen LogP contribution in [0.25, 0.3) is 0 Å². The third-order valence-electron chi connectivity index (χ3n) is 2.82. The van der Waals surface area contributed by atoms with Gasteiger partial charge in [-0.05, 0) is 17.7 Å². The molecule has 0 aliphatic carbocycles. The Hall–Kier alpha value is -1.50. The summed E-state index contributed by atoms with van der Waals surface area (Å²) in [6.45, 7) is 1.07. The molecule has 2 rings (SSSR count). The van der Waals surface area contributed by atoms with E-state index in [1.165, 1.54) is 12.1 Å². The van der Waals surface area contributed by atoms with E-state index in [4.69, 9.17) is 0 Å². The lowest BCUT2D eigenvalue weighted by Crippen LogP contribution is -2.20. The van der Waals surface area contributed by atoms with E-state index in [9.17, 15) is 9.50 Å². The van der Waals surface area contributed by atoms with Crippen molar-refractivity contribution in [1.29, 1.82) is 0 Å². The van der Waals surface area contributed by atoms with Crippen LogP contribution in [0.4, 0.5) is 9.52 Å². The van der Waals surface area contributed by atoms with Crippen LogP contribution >= 0.6 is 11.3 Å². The zero-order valence-corrected chi connectivity index (χ0v) is 12.3. The fourth-order valence-electron chi connectivity index (χ4n) is 1.72. The lowest BCUT2D eigenvalue weighted by molar-refractivity contribution is 0.174. The summed E-state index contributed by atoms with van der Waals surface area (Å²) in [6, 6.07) is 5.90. The van der Waals surface area contributed by atoms with Crippen LogP contribution in [0.3, 0.4) is 0 Å². The Balaban J connectivity index is 1.81. The van der Waals surface area contributed by atoms with Crippen LogP contribution in [0, 0.1) is 5.82 Å². The number of nitrogens with one attached hydrogen (secondary N) is 1. The zero-order valence-electron chi connectivity index (χ0n) is 11.5. The monoisotopic (exact) mass is 295 g/mol. The summed E-state index contributed by atoms with van der Waals surface area (Å²) in [4.78, 5) is 7.35. The van der Waals surface area contributed by atoms with E-state index in [-0.39, 0.29) is 5.82 Å². The van der Waals surface area contributed by atoms with E-state index in [1.807, 2.05) is 25.2 Å². The van der Waals surface area contributed by atoms with Crippen molar-refractivity contribution in [2.24, 2.45) is 0 Å². The van der Waals surface area contributed by atoms with Gasteiger partial charge < -0.3 is 15.3 Å². The summed E-state index contributed by atoms with van der Waals surface area (Å²) < 4.78 is 12.8. The summed E-state index contributed by atoms with van der Waals surface area (Å²) >= 11 is 1.61. The second-order valence-corrected chi connectivity index (χ2v) is 5.80. The Morgan fingerprint density at radius 1 is 1.35 bits per heavy atom. The number of halogens is 1. The molecule has 20 heavy (non-hydrogen) atoms. The summed E-state index contributed by atoms with van der Waals surface area (Å²) in [7, 11) is 3.91. The van der Waals surface area contributed by atoms with Crippen LogP contribution in [-0.2, 0) is 6.54 Å². The van der Waals surface area contributed by atoms with Gasteiger partial charge in [0.05, 0.1) is 6.10 Å². The molecule has 1 atom stereocenters. The first-order chi connectivity index (χ1) is 9.56. The average Bonchev–Trinajstić information content (AvgIpc) is 2.88. The minimum atomic E-state index is -0.642. The minimum Gasteiger partial charge on any atom is -0.387 e. The molecule has 0 aliphatic rings. The Labute approximate surface area is 121 Å². The number of anilines is 1. The third kappa shape index (κ3) is 4.00. The van der Waals surface area contributed by atoms with Crippen molar-refractivity contribution in [3.05, 3.63) is 46.7 Å². The van der Waals surface area contributed by atoms with Gasteiger partial charge in [0, 0.05) is 38.3 Å². The van der Waals surface area contributed by atoms with Gasteiger partial charge in [0.25, 0.3) is 0 Å². The van der Waals surface area contributed by atoms with Gasteiger partial charge in [-0.3, -0.25) is 0 Å². The van der Waals surface area contributed by atoms with Gasteiger partial charge in [-0.1, -0.05) is 12.1 Å². The SMILES string of the molecule is CN(C)c1ncc(CNCC(O)c2ccc(F)cc2)s1. The van der Waals surface area contributed by atoms with E-state index < -0.39 is 6.10 Å². The Kier molecular flexibility index (Phi) is 5.05. The van der Waals surface area contributed by atoms with Gasteiger partial charge in [-0.25, -0.2) is 9.37 Å². The first kappa shape index (κ1) is 14.9. The normalized spacial score (nSPS) is 12.4. The van der Waals surface area contributed by atoms with Crippen LogP contribution in [0.2, 0.25) is 0 Å². The predicted molar refractivity (Wildman–Crippen MR) is 79.5 cm³/mol. The maximum atomic E-state index is 12.8. The number of aliphatic hydroxyl groups is 1. The smallest absolute Gasteiger partial charge is 0.185 e. The van der Waals surface area contributed by atoms with Crippen LogP contribution in [-0.4, -0.2) is 30.7 Å². The standard InChI is InChI=1S/C14H18FN3OS/c1-18(2)14-17-8-12(20-14)7-16-9-13(19)10-3-5-11(15)6-4-10/h3-6,8,13,16,19H,7,9H2,1-2H3. The number of aromatic nitrogens is 1. The summed E-state index contributed by atoms with van der Waals surface area (Å²) in [5.41, 5.74) is 0.706. The summed E-state index contributed by atoms with van der Waals surface area (Å²) in [5.74, 6) is -0.296. The van der Waals surface area contributed by atoms with Crippen LogP contribution in [0.5, 0.6) is 0 Å². The first-order valence-corrected chi connectivity index (χ1v) is 7.14. The van der Waals surface area contributed by atoms with Gasteiger partial charge in [-0.15, -0.1) is 11.3 Å². The Morgan fingerprint density at radius 2 is 2.05 bits per heavy atom. The van der Waals surface area contributed by atoms with Crippen LogP contribution in [0.1, 0.15) is 16.5 Å². The van der Waals surface area contributed by atoms with Gasteiger partial charge >= 0.3 is 0 Å². The molecule has 0 radical (unpaired) electrons. The Bertz CT molecular complexity index is 542. The number of hydrogen-bond acceptors (Lipinski definition) is 5. The number of nitrogens with zero attached hydrogens (tertiary/aromatic N) is 2. The molecule has 1 heterocycles. The number of aliphatic hydroxyl groups excluding tert-OH is 1. The fraction of sp³-hybridized carbons (Fsp3) is 0.357. The molecule has 0 spiro atoms. The Morgan fingerprint density at radius 3 is 2.65 bits per heavy atom. The van der Waals surface area contributed by atoms with Gasteiger partial charge in [0.1, 0.15) is 5.82 Å². The molecular weight excluding hydrogens is 277 g/mol. The maximum absolute atomic E-state index is 12.8. The zero-order chi connectivity index (χ0) is 14.5. The lowest BCUT2D eigenvalue weighted by Gasteiger charge is -2.11. The molecule has 2 aromatic rings. The molecule has 108 valence electrons. The van der Waals surface area contributed by atoms with E-state index in [0.29, 0.717) is 18.7 Å². The highest BCUT2D eigenvalue weighted by atomic mass is 32.1. The van der Waals surface area contributed by atoms with Gasteiger partial charge in [0.2, 0.25) is 0 Å². The second kappa shape index (κ2) is 6.78. The molecule has 0 bridgehead atoms. The van der Waals surface area contributed by atoms with E-state index >= 15 is 0 Å². The van der Waals surface area contributed by atoms with Crippen molar-refractivity contribution in [3.63, 3.8) is 0 Å². The van der Waals surface area contributed by atoms with Gasteiger partial charge in [-0.2, -0.15) is 0 Å². The largest absolute Gasteiger partial charge is 0.387 e. The molecule has 2 N–H and O–H groups in total. The highest BCUT2D eigenvalue weighted by molar-refractivity contribution is 7.15. The minimum absolute atomic E-state index is 0.296. The third-order valence-corrected chi connectivity index (χ3v) is 3.98. The number of rotatable bonds is 6. The highest BCUT2D eigenvalue weighted by Gasteiger charge is 2.08. The van der Waals surface area contributed by atoms with E-state index in [1.54, 1.807) is 23.5 Å². The van der Waals surface area contributed by atoms with Crippen molar-refractivity contribution < 1.29 is 9.50 Å². The number of benzene rings is 1. The van der Waals surface area contributed by atoms with Crippen molar-refractivity contribution in [2.45, 2.75) is 12.6 Å². The maximum Gasteiger partial charge on any atom is 0.185 e. The molecule has 1 aromatic carbocycles. The topological polar surface area (TPSA) is 48.4 Å². The quantitative estimate of drug-likeness (QED) is 0.857. The molecule has 4 nitrogen and oxygen atoms in total. The van der Waals surface area contributed by atoms with Gasteiger partial charge in [0.15, 0.2) is 5.13 Å². The fourth-order valence-corrected chi connectivity index (χ4v) is 2.52. The van der Waals surface area contributed by atoms with Crippen molar-refractivity contribution >= 4 is 16.5 Å².